The Hall–Kier alpha value is 0.640. The highest BCUT2D eigenvalue weighted by atomic mass is 35.7. The molecule has 1 aliphatic heterocycles. The molecule has 1 saturated heterocycles. The summed E-state index contributed by atoms with van der Waals surface area (Å²) in [7, 11) is -0.729. The minimum Gasteiger partial charge on any atom is -0.330 e. The molecular formula is C5H11ClNOP. The van der Waals surface area contributed by atoms with Crippen molar-refractivity contribution in [3.63, 3.8) is 0 Å². The first-order valence-electron chi connectivity index (χ1n) is 3.18. The molecule has 0 aromatic heterocycles. The van der Waals surface area contributed by atoms with Crippen molar-refractivity contribution in [2.24, 2.45) is 0 Å². The minimum absolute atomic E-state index is 0.729. The standard InChI is InChI=1S/C5H11ClNOP/c1-2-3-7-4-5-8-9(7)6/h2-5H2,1H3. The Kier molecular flexibility index (Phi) is 3.20. The predicted molar refractivity (Wildman–Crippen MR) is 40.6 cm³/mol. The molecule has 1 atom stereocenters. The fourth-order valence-corrected chi connectivity index (χ4v) is 2.48. The van der Waals surface area contributed by atoms with Gasteiger partial charge in [0.1, 0.15) is 0 Å². The maximum absolute atomic E-state index is 5.83. The Morgan fingerprint density at radius 1 is 1.78 bits per heavy atom. The van der Waals surface area contributed by atoms with E-state index in [9.17, 15) is 0 Å². The van der Waals surface area contributed by atoms with Crippen molar-refractivity contribution in [2.45, 2.75) is 13.3 Å². The molecule has 2 nitrogen and oxygen atoms in total. The van der Waals surface area contributed by atoms with E-state index in [-0.39, 0.29) is 0 Å². The first-order valence-corrected chi connectivity index (χ1v) is 5.30. The summed E-state index contributed by atoms with van der Waals surface area (Å²) in [5, 5.41) is 0. The van der Waals surface area contributed by atoms with Gasteiger partial charge in [-0.2, -0.15) is 0 Å². The van der Waals surface area contributed by atoms with Gasteiger partial charge in [-0.15, -0.1) is 0 Å². The van der Waals surface area contributed by atoms with Crippen molar-refractivity contribution < 1.29 is 4.52 Å². The molecule has 1 fully saturated rings. The van der Waals surface area contributed by atoms with Crippen LogP contribution in [0, 0.1) is 0 Å². The minimum atomic E-state index is -0.729. The Bertz CT molecular complexity index is 93.0. The quantitative estimate of drug-likeness (QED) is 0.585. The molecule has 0 spiro atoms. The van der Waals surface area contributed by atoms with Gasteiger partial charge in [-0.1, -0.05) is 6.92 Å². The maximum atomic E-state index is 5.83. The average molecular weight is 168 g/mol. The average Bonchev–Trinajstić information content (AvgIpc) is 2.18. The van der Waals surface area contributed by atoms with E-state index in [0.29, 0.717) is 0 Å². The van der Waals surface area contributed by atoms with E-state index in [4.69, 9.17) is 15.8 Å². The molecule has 9 heavy (non-hydrogen) atoms. The number of hydrogen-bond acceptors (Lipinski definition) is 2. The van der Waals surface area contributed by atoms with Crippen molar-refractivity contribution in [3.05, 3.63) is 0 Å². The summed E-state index contributed by atoms with van der Waals surface area (Å²) in [6.07, 6.45) is 1.16. The molecular weight excluding hydrogens is 156 g/mol. The molecule has 0 aliphatic carbocycles. The summed E-state index contributed by atoms with van der Waals surface area (Å²) in [6, 6.07) is 0. The van der Waals surface area contributed by atoms with Crippen LogP contribution in [0.3, 0.4) is 0 Å². The molecule has 1 rings (SSSR count). The molecule has 4 heteroatoms. The molecule has 1 unspecified atom stereocenters. The number of halogens is 1. The van der Waals surface area contributed by atoms with Gasteiger partial charge in [0.25, 0.3) is 0 Å². The Balaban J connectivity index is 2.22. The molecule has 0 aromatic rings. The molecule has 0 bridgehead atoms. The van der Waals surface area contributed by atoms with E-state index < -0.39 is 7.65 Å². The zero-order valence-corrected chi connectivity index (χ0v) is 7.16. The van der Waals surface area contributed by atoms with Crippen molar-refractivity contribution in [1.82, 2.24) is 4.67 Å². The van der Waals surface area contributed by atoms with Gasteiger partial charge in [-0.25, -0.2) is 4.67 Å². The van der Waals surface area contributed by atoms with E-state index in [2.05, 4.69) is 11.6 Å². The third kappa shape index (κ3) is 2.05. The summed E-state index contributed by atoms with van der Waals surface area (Å²) in [5.41, 5.74) is 0. The van der Waals surface area contributed by atoms with Crippen molar-refractivity contribution in [1.29, 1.82) is 0 Å². The van der Waals surface area contributed by atoms with Gasteiger partial charge in [-0.05, 0) is 17.7 Å². The fraction of sp³-hybridized carbons (Fsp3) is 1.00. The van der Waals surface area contributed by atoms with Crippen LogP contribution < -0.4 is 0 Å². The van der Waals surface area contributed by atoms with Gasteiger partial charge in [0, 0.05) is 13.1 Å². The van der Waals surface area contributed by atoms with E-state index in [1.807, 2.05) is 0 Å². The summed E-state index contributed by atoms with van der Waals surface area (Å²) >= 11 is 5.83. The fourth-order valence-electron chi connectivity index (χ4n) is 0.830. The third-order valence-corrected chi connectivity index (χ3v) is 3.43. The second-order valence-electron chi connectivity index (χ2n) is 2.01. The van der Waals surface area contributed by atoms with Crippen LogP contribution in [0.2, 0.25) is 0 Å². The zero-order chi connectivity index (χ0) is 6.69. The first kappa shape index (κ1) is 7.74. The lowest BCUT2D eigenvalue weighted by Gasteiger charge is -2.13. The number of nitrogens with zero attached hydrogens (tertiary/aromatic N) is 1. The van der Waals surface area contributed by atoms with Crippen molar-refractivity contribution in [3.8, 4) is 0 Å². The van der Waals surface area contributed by atoms with Crippen molar-refractivity contribution >= 4 is 18.9 Å². The second-order valence-corrected chi connectivity index (χ2v) is 4.16. The molecule has 1 heterocycles. The van der Waals surface area contributed by atoms with Crippen LogP contribution in [-0.4, -0.2) is 24.4 Å². The predicted octanol–water partition coefficient (Wildman–Crippen LogP) is 2.19. The van der Waals surface area contributed by atoms with Gasteiger partial charge in [0.2, 0.25) is 7.65 Å². The van der Waals surface area contributed by atoms with Crippen LogP contribution in [-0.2, 0) is 4.52 Å². The van der Waals surface area contributed by atoms with Gasteiger partial charge in [-0.3, -0.25) is 0 Å². The van der Waals surface area contributed by atoms with Crippen LogP contribution in [0.4, 0.5) is 0 Å². The summed E-state index contributed by atoms with van der Waals surface area (Å²) in [4.78, 5) is 0. The highest BCUT2D eigenvalue weighted by Crippen LogP contribution is 2.49. The molecule has 0 amide bonds. The summed E-state index contributed by atoms with van der Waals surface area (Å²) in [5.74, 6) is 0. The Labute approximate surface area is 61.8 Å². The Morgan fingerprint density at radius 2 is 2.56 bits per heavy atom. The smallest absolute Gasteiger partial charge is 0.206 e. The van der Waals surface area contributed by atoms with E-state index in [1.165, 1.54) is 0 Å². The topological polar surface area (TPSA) is 12.5 Å². The van der Waals surface area contributed by atoms with Gasteiger partial charge in [0.15, 0.2) is 0 Å². The normalized spacial score (nSPS) is 29.3. The summed E-state index contributed by atoms with van der Waals surface area (Å²) in [6.45, 7) is 5.06. The molecule has 0 radical (unpaired) electrons. The zero-order valence-electron chi connectivity index (χ0n) is 5.51. The van der Waals surface area contributed by atoms with Gasteiger partial charge in [0.05, 0.1) is 6.61 Å². The SMILES string of the molecule is CCCN1CCOP1Cl. The van der Waals surface area contributed by atoms with Crippen molar-refractivity contribution in [2.75, 3.05) is 19.7 Å². The lowest BCUT2D eigenvalue weighted by Crippen LogP contribution is -2.13. The van der Waals surface area contributed by atoms with Crippen LogP contribution in [0.5, 0.6) is 0 Å². The lowest BCUT2D eigenvalue weighted by molar-refractivity contribution is 0.393. The maximum Gasteiger partial charge on any atom is 0.206 e. The monoisotopic (exact) mass is 167 g/mol. The van der Waals surface area contributed by atoms with E-state index in [1.54, 1.807) is 0 Å². The van der Waals surface area contributed by atoms with E-state index in [0.717, 1.165) is 26.1 Å². The lowest BCUT2D eigenvalue weighted by atomic mass is 10.5. The largest absolute Gasteiger partial charge is 0.330 e. The third-order valence-electron chi connectivity index (χ3n) is 1.25. The van der Waals surface area contributed by atoms with Crippen LogP contribution >= 0.6 is 18.9 Å². The number of rotatable bonds is 2. The molecule has 54 valence electrons. The Morgan fingerprint density at radius 3 is 3.00 bits per heavy atom. The number of hydrogen-bond donors (Lipinski definition) is 0. The molecule has 0 saturated carbocycles. The highest BCUT2D eigenvalue weighted by molar-refractivity contribution is 7.78. The molecule has 0 aromatic carbocycles. The highest BCUT2D eigenvalue weighted by Gasteiger charge is 2.22. The molecule has 0 N–H and O–H groups in total. The van der Waals surface area contributed by atoms with Gasteiger partial charge >= 0.3 is 0 Å². The second kappa shape index (κ2) is 3.72. The van der Waals surface area contributed by atoms with E-state index >= 15 is 0 Å². The summed E-state index contributed by atoms with van der Waals surface area (Å²) < 4.78 is 7.37. The van der Waals surface area contributed by atoms with Crippen LogP contribution in [0.15, 0.2) is 0 Å². The van der Waals surface area contributed by atoms with Crippen LogP contribution in [0.25, 0.3) is 0 Å². The first-order chi connectivity index (χ1) is 4.34. The molecule has 1 aliphatic rings. The van der Waals surface area contributed by atoms with Crippen LogP contribution in [0.1, 0.15) is 13.3 Å². The van der Waals surface area contributed by atoms with Gasteiger partial charge < -0.3 is 4.52 Å².